The Morgan fingerprint density at radius 3 is 2.97 bits per heavy atom. The number of halogens is 1. The fourth-order valence-electron chi connectivity index (χ4n) is 4.42. The summed E-state index contributed by atoms with van der Waals surface area (Å²) in [4.78, 5) is 21.0. The Morgan fingerprint density at radius 2 is 2.15 bits per heavy atom. The lowest BCUT2D eigenvalue weighted by Crippen LogP contribution is -2.28. The maximum absolute atomic E-state index is 15.3. The van der Waals surface area contributed by atoms with Crippen molar-refractivity contribution in [1.29, 1.82) is 0 Å². The van der Waals surface area contributed by atoms with Gasteiger partial charge in [0.25, 0.3) is 0 Å². The molecule has 4 N–H and O–H groups in total. The highest BCUT2D eigenvalue weighted by atomic mass is 19.1. The van der Waals surface area contributed by atoms with E-state index in [1.807, 2.05) is 13.8 Å². The molecule has 10 heteroatoms. The van der Waals surface area contributed by atoms with Gasteiger partial charge in [-0.05, 0) is 36.4 Å². The lowest BCUT2D eigenvalue weighted by atomic mass is 9.97. The summed E-state index contributed by atoms with van der Waals surface area (Å²) in [5.74, 6) is 0.391. The molecule has 1 fully saturated rings. The summed E-state index contributed by atoms with van der Waals surface area (Å²) in [5, 5.41) is 6.97. The summed E-state index contributed by atoms with van der Waals surface area (Å²) < 4.78 is 31.8. The van der Waals surface area contributed by atoms with Crippen molar-refractivity contribution in [3.8, 4) is 17.0 Å². The number of nitrogens with two attached hydrogens (primary N) is 1. The summed E-state index contributed by atoms with van der Waals surface area (Å²) in [7, 11) is 0. The molecule has 4 heterocycles. The zero-order valence-electron chi connectivity index (χ0n) is 19.0. The van der Waals surface area contributed by atoms with Crippen molar-refractivity contribution in [2.75, 3.05) is 42.7 Å². The maximum atomic E-state index is 15.3. The molecule has 0 saturated carbocycles. The van der Waals surface area contributed by atoms with E-state index in [9.17, 15) is 4.79 Å². The van der Waals surface area contributed by atoms with Gasteiger partial charge in [-0.1, -0.05) is 6.92 Å². The highest BCUT2D eigenvalue weighted by Gasteiger charge is 2.30. The van der Waals surface area contributed by atoms with E-state index < -0.39 is 11.9 Å². The number of rotatable bonds is 4. The first-order chi connectivity index (χ1) is 16.5. The third kappa shape index (κ3) is 3.94. The van der Waals surface area contributed by atoms with Crippen LogP contribution in [0.3, 0.4) is 0 Å². The molecular weight excluding hydrogens is 441 g/mol. The van der Waals surface area contributed by atoms with Crippen molar-refractivity contribution < 1.29 is 23.4 Å². The van der Waals surface area contributed by atoms with Crippen LogP contribution in [0.4, 0.5) is 26.4 Å². The number of hydrogen-bond donors (Lipinski definition) is 3. The minimum absolute atomic E-state index is 0.0238. The highest BCUT2D eigenvalue weighted by Crippen LogP contribution is 2.39. The van der Waals surface area contributed by atoms with Crippen LogP contribution in [0.25, 0.3) is 21.9 Å². The van der Waals surface area contributed by atoms with Crippen LogP contribution in [-0.2, 0) is 9.47 Å². The number of hydrogen-bond acceptors (Lipinski definition) is 8. The summed E-state index contributed by atoms with van der Waals surface area (Å²) in [6.45, 7) is 6.03. The predicted octanol–water partition coefficient (Wildman–Crippen LogP) is 4.10. The normalized spacial score (nSPS) is 19.3. The van der Waals surface area contributed by atoms with Crippen LogP contribution in [0.5, 0.6) is 5.88 Å². The first kappa shape index (κ1) is 22.1. The maximum Gasteiger partial charge on any atom is 0.413 e. The number of amides is 1. The van der Waals surface area contributed by atoms with E-state index in [-0.39, 0.29) is 23.5 Å². The van der Waals surface area contributed by atoms with Crippen LogP contribution in [0.2, 0.25) is 0 Å². The average molecular weight is 468 g/mol. The molecule has 5 rings (SSSR count). The smallest absolute Gasteiger partial charge is 0.413 e. The van der Waals surface area contributed by atoms with Crippen molar-refractivity contribution in [3.05, 3.63) is 35.9 Å². The van der Waals surface area contributed by atoms with Crippen LogP contribution < -0.4 is 21.1 Å². The van der Waals surface area contributed by atoms with Gasteiger partial charge in [-0.2, -0.15) is 0 Å². The molecule has 2 aromatic heterocycles. The van der Waals surface area contributed by atoms with E-state index in [2.05, 4.69) is 20.6 Å². The van der Waals surface area contributed by atoms with Crippen molar-refractivity contribution >= 4 is 34.1 Å². The predicted molar refractivity (Wildman–Crippen MR) is 127 cm³/mol. The van der Waals surface area contributed by atoms with Crippen molar-refractivity contribution in [2.45, 2.75) is 26.4 Å². The summed E-state index contributed by atoms with van der Waals surface area (Å²) in [5.41, 5.74) is 8.56. The fraction of sp³-hybridized carbons (Fsp3) is 0.375. The second-order valence-electron chi connectivity index (χ2n) is 8.47. The van der Waals surface area contributed by atoms with Gasteiger partial charge in [-0.15, -0.1) is 0 Å². The molecule has 1 amide bonds. The van der Waals surface area contributed by atoms with E-state index in [0.29, 0.717) is 54.1 Å². The van der Waals surface area contributed by atoms with Gasteiger partial charge in [0.2, 0.25) is 5.88 Å². The van der Waals surface area contributed by atoms with Crippen LogP contribution in [0, 0.1) is 18.7 Å². The first-order valence-corrected chi connectivity index (χ1v) is 11.3. The number of nitrogen functional groups attached to an aromatic ring is 1. The number of nitrogens with one attached hydrogen (secondary N) is 2. The van der Waals surface area contributed by atoms with Crippen molar-refractivity contribution in [3.63, 3.8) is 0 Å². The molecular formula is C24H26FN5O4. The Morgan fingerprint density at radius 1 is 1.29 bits per heavy atom. The number of benzene rings is 1. The molecule has 2 aliphatic rings. The van der Waals surface area contributed by atoms with Crippen LogP contribution in [0.15, 0.2) is 24.5 Å². The summed E-state index contributed by atoms with van der Waals surface area (Å²) in [6, 6.07) is 3.32. The van der Waals surface area contributed by atoms with Gasteiger partial charge in [-0.3, -0.25) is 5.32 Å². The molecule has 2 atom stereocenters. The minimum atomic E-state index is -0.614. The van der Waals surface area contributed by atoms with Gasteiger partial charge in [0.05, 0.1) is 18.9 Å². The number of fused-ring (bicyclic) bond motifs is 2. The number of carbonyl (C=O) groups is 1. The third-order valence-electron chi connectivity index (χ3n) is 6.39. The molecule has 1 aromatic carbocycles. The van der Waals surface area contributed by atoms with Gasteiger partial charge in [0, 0.05) is 41.4 Å². The van der Waals surface area contributed by atoms with E-state index in [0.717, 1.165) is 17.7 Å². The SMILES string of the molecule is CC[C@H]1COC[C@H]1OC(=O)Nc1cc2cc(-c3cnc4c(c3C)NCCO4)c(F)c(N)c2cn1. The Hall–Kier alpha value is -3.66. The molecule has 0 aliphatic carbocycles. The Balaban J connectivity index is 1.46. The zero-order chi connectivity index (χ0) is 23.8. The van der Waals surface area contributed by atoms with Crippen LogP contribution >= 0.6 is 0 Å². The molecule has 9 nitrogen and oxygen atoms in total. The van der Waals surface area contributed by atoms with Gasteiger partial charge in [0.15, 0.2) is 5.82 Å². The zero-order valence-corrected chi connectivity index (χ0v) is 19.0. The van der Waals surface area contributed by atoms with Gasteiger partial charge < -0.3 is 25.3 Å². The highest BCUT2D eigenvalue weighted by molar-refractivity contribution is 5.99. The minimum Gasteiger partial charge on any atom is -0.474 e. The number of carbonyl (C=O) groups excluding carboxylic acids is 1. The van der Waals surface area contributed by atoms with E-state index >= 15 is 4.39 Å². The quantitative estimate of drug-likeness (QED) is 0.491. The summed E-state index contributed by atoms with van der Waals surface area (Å²) in [6.07, 6.45) is 2.97. The molecule has 0 spiro atoms. The van der Waals surface area contributed by atoms with Crippen LogP contribution in [0.1, 0.15) is 18.9 Å². The molecule has 178 valence electrons. The Bertz CT molecular complexity index is 1270. The van der Waals surface area contributed by atoms with E-state index in [1.54, 1.807) is 18.3 Å². The first-order valence-electron chi connectivity index (χ1n) is 11.3. The van der Waals surface area contributed by atoms with Gasteiger partial charge >= 0.3 is 6.09 Å². The number of aromatic nitrogens is 2. The largest absolute Gasteiger partial charge is 0.474 e. The van der Waals surface area contributed by atoms with Crippen molar-refractivity contribution in [1.82, 2.24) is 9.97 Å². The lowest BCUT2D eigenvalue weighted by Gasteiger charge is -2.22. The number of ether oxygens (including phenoxy) is 3. The standard InChI is InChI=1S/C24H26FN5O4/c1-3-13-10-32-11-18(13)34-24(31)30-19-7-14-6-15(20(25)21(26)17(14)9-28-19)16-8-29-23-22(12(16)2)27-4-5-33-23/h6-9,13,18,27H,3-5,10-11,26H2,1-2H3,(H,28,30,31)/t13-,18+/m0/s1. The number of anilines is 3. The van der Waals surface area contributed by atoms with E-state index in [4.69, 9.17) is 19.9 Å². The summed E-state index contributed by atoms with van der Waals surface area (Å²) >= 11 is 0. The average Bonchev–Trinajstić information content (AvgIpc) is 3.29. The molecule has 0 radical (unpaired) electrons. The number of nitrogens with zero attached hydrogens (tertiary/aromatic N) is 2. The second kappa shape index (κ2) is 8.94. The Kier molecular flexibility index (Phi) is 5.82. The molecule has 0 bridgehead atoms. The topological polar surface area (TPSA) is 121 Å². The Labute approximate surface area is 195 Å². The van der Waals surface area contributed by atoms with Crippen molar-refractivity contribution in [2.24, 2.45) is 5.92 Å². The van der Waals surface area contributed by atoms with Crippen LogP contribution in [-0.4, -0.2) is 48.5 Å². The van der Waals surface area contributed by atoms with Gasteiger partial charge in [-0.25, -0.2) is 19.2 Å². The van der Waals surface area contributed by atoms with E-state index in [1.165, 1.54) is 6.20 Å². The molecule has 2 aliphatic heterocycles. The monoisotopic (exact) mass is 467 g/mol. The molecule has 0 unspecified atom stereocenters. The molecule has 1 saturated heterocycles. The third-order valence-corrected chi connectivity index (χ3v) is 6.39. The molecule has 34 heavy (non-hydrogen) atoms. The second-order valence-corrected chi connectivity index (χ2v) is 8.47. The lowest BCUT2D eigenvalue weighted by molar-refractivity contribution is 0.0816. The fourth-order valence-corrected chi connectivity index (χ4v) is 4.42. The van der Waals surface area contributed by atoms with Gasteiger partial charge in [0.1, 0.15) is 24.2 Å². The molecule has 3 aromatic rings. The number of pyridine rings is 2.